The van der Waals surface area contributed by atoms with Crippen molar-refractivity contribution in [1.82, 2.24) is 20.3 Å². The third-order valence-corrected chi connectivity index (χ3v) is 12.1. The lowest BCUT2D eigenvalue weighted by Gasteiger charge is -2.34. The first-order chi connectivity index (χ1) is 30.5. The van der Waals surface area contributed by atoms with Crippen molar-refractivity contribution in [1.29, 1.82) is 0 Å². The van der Waals surface area contributed by atoms with Crippen molar-refractivity contribution in [3.05, 3.63) is 47.7 Å². The van der Waals surface area contributed by atoms with E-state index < -0.39 is 48.2 Å². The topological polar surface area (TPSA) is 142 Å². The van der Waals surface area contributed by atoms with Crippen molar-refractivity contribution in [2.24, 2.45) is 5.41 Å². The minimum absolute atomic E-state index is 0.0399. The maximum atomic E-state index is 17.1. The van der Waals surface area contributed by atoms with Gasteiger partial charge in [-0.05, 0) is 56.2 Å². The maximum Gasteiger partial charge on any atom is 0.324 e. The van der Waals surface area contributed by atoms with Gasteiger partial charge in [0, 0.05) is 55.2 Å². The van der Waals surface area contributed by atoms with Crippen LogP contribution in [0.25, 0.3) is 32.9 Å². The standard InChI is InChI=1S/C49H61F2N5O7/c1-6-9-11-13-15-17-19-40(57)61-30-49(4,31-62-41(58)20-18-16-14-12-10-7-2)47(59)63-35-25-32-21-24-39(50)36(8-3)42(32)37(26-35)44-43(51)45-38(27-52-44)46(55-48(54-45)60-5)56-28-33-22-23-34(29-56)53-33/h3,21,24-27,33-34,53H,6-7,9-20,22-23,28-31H2,1-2,4-5H3. The molecule has 2 bridgehead atoms. The van der Waals surface area contributed by atoms with Gasteiger partial charge in [-0.1, -0.05) is 90.0 Å². The smallest absolute Gasteiger partial charge is 0.324 e. The van der Waals surface area contributed by atoms with Crippen LogP contribution in [0.5, 0.6) is 11.8 Å². The van der Waals surface area contributed by atoms with Gasteiger partial charge in [0.15, 0.2) is 5.82 Å². The number of anilines is 1. The summed E-state index contributed by atoms with van der Waals surface area (Å²) in [6.45, 7) is 6.26. The van der Waals surface area contributed by atoms with Crippen molar-refractivity contribution in [2.75, 3.05) is 38.3 Å². The largest absolute Gasteiger partial charge is 0.467 e. The summed E-state index contributed by atoms with van der Waals surface area (Å²) >= 11 is 0. The number of nitrogens with zero attached hydrogens (tertiary/aromatic N) is 4. The van der Waals surface area contributed by atoms with Crippen LogP contribution in [-0.4, -0.2) is 78.4 Å². The Hall–Kier alpha value is -5.42. The van der Waals surface area contributed by atoms with Gasteiger partial charge >= 0.3 is 23.9 Å². The number of hydrogen-bond acceptors (Lipinski definition) is 12. The average Bonchev–Trinajstić information content (AvgIpc) is 3.63. The zero-order valence-electron chi connectivity index (χ0n) is 37.2. The van der Waals surface area contributed by atoms with E-state index in [4.69, 9.17) is 25.4 Å². The minimum Gasteiger partial charge on any atom is -0.467 e. The number of methoxy groups -OCH3 is 1. The third kappa shape index (κ3) is 11.8. The average molecular weight is 870 g/mol. The van der Waals surface area contributed by atoms with Crippen LogP contribution in [0.2, 0.25) is 0 Å². The molecule has 2 saturated heterocycles. The van der Waals surface area contributed by atoms with Crippen LogP contribution in [0.15, 0.2) is 30.5 Å². The number of ether oxygens (including phenoxy) is 4. The second-order valence-corrected chi connectivity index (χ2v) is 17.2. The second kappa shape index (κ2) is 22.3. The molecule has 63 heavy (non-hydrogen) atoms. The van der Waals surface area contributed by atoms with E-state index >= 15 is 8.78 Å². The number of halogens is 2. The predicted molar refractivity (Wildman–Crippen MR) is 238 cm³/mol. The molecule has 2 atom stereocenters. The first-order valence-electron chi connectivity index (χ1n) is 22.7. The molecular formula is C49H61F2N5O7. The zero-order chi connectivity index (χ0) is 44.9. The van der Waals surface area contributed by atoms with Crippen LogP contribution in [0.4, 0.5) is 14.6 Å². The highest BCUT2D eigenvalue weighted by Gasteiger charge is 2.40. The normalized spacial score (nSPS) is 16.0. The number of unbranched alkanes of at least 4 members (excludes halogenated alkanes) is 10. The van der Waals surface area contributed by atoms with Gasteiger partial charge in [0.1, 0.15) is 47.2 Å². The van der Waals surface area contributed by atoms with Crippen molar-refractivity contribution >= 4 is 45.4 Å². The number of rotatable bonds is 23. The summed E-state index contributed by atoms with van der Waals surface area (Å²) in [5, 5.41) is 4.45. The van der Waals surface area contributed by atoms with E-state index in [1.165, 1.54) is 44.5 Å². The van der Waals surface area contributed by atoms with Crippen molar-refractivity contribution in [3.63, 3.8) is 0 Å². The zero-order valence-corrected chi connectivity index (χ0v) is 37.2. The lowest BCUT2D eigenvalue weighted by atomic mass is 9.92. The predicted octanol–water partition coefficient (Wildman–Crippen LogP) is 9.55. The molecule has 1 N–H and O–H groups in total. The number of pyridine rings is 1. The van der Waals surface area contributed by atoms with Crippen molar-refractivity contribution in [2.45, 2.75) is 136 Å². The molecular weight excluding hydrogens is 809 g/mol. The summed E-state index contributed by atoms with van der Waals surface area (Å²) in [6, 6.07) is 5.96. The summed E-state index contributed by atoms with van der Waals surface area (Å²) < 4.78 is 55.2. The van der Waals surface area contributed by atoms with E-state index in [1.54, 1.807) is 0 Å². The number of piperazine rings is 1. The second-order valence-electron chi connectivity index (χ2n) is 17.2. The van der Waals surface area contributed by atoms with E-state index in [0.29, 0.717) is 42.5 Å². The number of benzene rings is 2. The van der Waals surface area contributed by atoms with Crippen LogP contribution < -0.4 is 19.7 Å². The number of esters is 3. The van der Waals surface area contributed by atoms with Gasteiger partial charge in [-0.3, -0.25) is 19.4 Å². The minimum atomic E-state index is -1.63. The maximum absolute atomic E-state index is 17.1. The number of carbonyl (C=O) groups excluding carboxylic acids is 3. The molecule has 2 aromatic carbocycles. The summed E-state index contributed by atoms with van der Waals surface area (Å²) in [5.74, 6) is -0.568. The number of fused-ring (bicyclic) bond motifs is 4. The van der Waals surface area contributed by atoms with Gasteiger partial charge in [0.05, 0.1) is 18.1 Å². The SMILES string of the molecule is C#Cc1c(F)ccc2cc(OC(=O)C(C)(COC(=O)CCCCCCCC)COC(=O)CCCCCCCC)cc(-c3ncc4c(N5CC6CCC(C5)N6)nc(OC)nc4c3F)c12. The molecule has 4 heterocycles. The lowest BCUT2D eigenvalue weighted by Crippen LogP contribution is -2.51. The molecule has 0 radical (unpaired) electrons. The van der Waals surface area contributed by atoms with Gasteiger partial charge in [0.2, 0.25) is 0 Å². The molecule has 2 fully saturated rings. The summed E-state index contributed by atoms with van der Waals surface area (Å²) in [7, 11) is 1.40. The van der Waals surface area contributed by atoms with E-state index in [-0.39, 0.29) is 64.4 Å². The van der Waals surface area contributed by atoms with E-state index in [9.17, 15) is 14.4 Å². The number of carbonyl (C=O) groups is 3. The fourth-order valence-corrected chi connectivity index (χ4v) is 8.42. The highest BCUT2D eigenvalue weighted by molar-refractivity contribution is 6.03. The third-order valence-electron chi connectivity index (χ3n) is 12.1. The molecule has 2 aliphatic heterocycles. The molecule has 338 valence electrons. The van der Waals surface area contributed by atoms with Gasteiger partial charge < -0.3 is 29.2 Å². The molecule has 14 heteroatoms. The molecule has 6 rings (SSSR count). The molecule has 12 nitrogen and oxygen atoms in total. The van der Waals surface area contributed by atoms with Gasteiger partial charge in [-0.2, -0.15) is 9.97 Å². The van der Waals surface area contributed by atoms with E-state index in [1.807, 2.05) is 0 Å². The fourth-order valence-electron chi connectivity index (χ4n) is 8.42. The first kappa shape index (κ1) is 47.1. The quantitative estimate of drug-likeness (QED) is 0.0328. The Morgan fingerprint density at radius 1 is 0.873 bits per heavy atom. The van der Waals surface area contributed by atoms with Gasteiger partial charge in [0.25, 0.3) is 0 Å². The van der Waals surface area contributed by atoms with Crippen molar-refractivity contribution in [3.8, 4) is 35.4 Å². The van der Waals surface area contributed by atoms with Gasteiger partial charge in [-0.15, -0.1) is 6.42 Å². The van der Waals surface area contributed by atoms with Crippen LogP contribution in [0.1, 0.15) is 129 Å². The van der Waals surface area contributed by atoms with Crippen LogP contribution in [-0.2, 0) is 23.9 Å². The Balaban J connectivity index is 1.31. The van der Waals surface area contributed by atoms with Crippen molar-refractivity contribution < 1.29 is 42.1 Å². The molecule has 2 unspecified atom stereocenters. The Labute approximate surface area is 369 Å². The Morgan fingerprint density at radius 2 is 1.48 bits per heavy atom. The van der Waals surface area contributed by atoms with Gasteiger partial charge in [-0.25, -0.2) is 8.78 Å². The van der Waals surface area contributed by atoms with Crippen LogP contribution in [0, 0.1) is 29.4 Å². The molecule has 0 spiro atoms. The molecule has 4 aromatic rings. The highest BCUT2D eigenvalue weighted by atomic mass is 19.1. The van der Waals surface area contributed by atoms with Crippen LogP contribution in [0.3, 0.4) is 0 Å². The summed E-state index contributed by atoms with van der Waals surface area (Å²) in [4.78, 5) is 55.7. The van der Waals surface area contributed by atoms with E-state index in [2.05, 4.69) is 44.9 Å². The number of terminal acetylenes is 1. The van der Waals surface area contributed by atoms with E-state index in [0.717, 1.165) is 77.0 Å². The summed E-state index contributed by atoms with van der Waals surface area (Å²) in [6.07, 6.45) is 21.5. The molecule has 0 aliphatic carbocycles. The Bertz CT molecular complexity index is 2250. The lowest BCUT2D eigenvalue weighted by molar-refractivity contribution is -0.164. The number of hydrogen-bond donors (Lipinski definition) is 1. The molecule has 2 aliphatic rings. The summed E-state index contributed by atoms with van der Waals surface area (Å²) in [5.41, 5.74) is -2.03. The highest BCUT2D eigenvalue weighted by Crippen LogP contribution is 2.40. The number of nitrogens with one attached hydrogen (secondary N) is 1. The number of aromatic nitrogens is 3. The molecule has 2 aromatic heterocycles. The monoisotopic (exact) mass is 869 g/mol. The van der Waals surface area contributed by atoms with Crippen LogP contribution >= 0.6 is 0 Å². The Morgan fingerprint density at radius 3 is 2.06 bits per heavy atom. The Kier molecular flexibility index (Phi) is 16.6. The first-order valence-corrected chi connectivity index (χ1v) is 22.7. The molecule has 0 saturated carbocycles. The fraction of sp³-hybridized carbons (Fsp3) is 0.551. The molecule has 0 amide bonds.